The molecule has 6 heteroatoms. The molecule has 0 aromatic carbocycles. The topological polar surface area (TPSA) is 36.3 Å². The maximum Gasteiger partial charge on any atom is 0.0860 e. The predicted octanol–water partition coefficient (Wildman–Crippen LogP) is 0.471. The van der Waals surface area contributed by atoms with E-state index in [9.17, 15) is 0 Å². The summed E-state index contributed by atoms with van der Waals surface area (Å²) in [6.45, 7) is 9.77. The average Bonchev–Trinajstić information content (AvgIpc) is 2.56. The van der Waals surface area contributed by atoms with Gasteiger partial charge in [-0.05, 0) is 6.92 Å². The highest BCUT2D eigenvalue weighted by atomic mass is 35.5. The van der Waals surface area contributed by atoms with Crippen LogP contribution in [0.2, 0.25) is 5.02 Å². The van der Waals surface area contributed by atoms with Crippen LogP contribution in [0.4, 0.5) is 0 Å². The van der Waals surface area contributed by atoms with Crippen LogP contribution in [0.5, 0.6) is 0 Å². The van der Waals surface area contributed by atoms with Gasteiger partial charge < -0.3 is 5.32 Å². The zero-order chi connectivity index (χ0) is 13.4. The molecule has 2 aliphatic heterocycles. The van der Waals surface area contributed by atoms with Crippen molar-refractivity contribution in [2.24, 2.45) is 7.05 Å². The minimum atomic E-state index is 0.768. The Labute approximate surface area is 119 Å². The molecule has 0 spiro atoms. The van der Waals surface area contributed by atoms with Crippen LogP contribution in [0.1, 0.15) is 11.4 Å². The van der Waals surface area contributed by atoms with E-state index in [4.69, 9.17) is 11.6 Å². The first kappa shape index (κ1) is 13.4. The Bertz CT molecular complexity index is 446. The number of hydrogen-bond acceptors (Lipinski definition) is 4. The van der Waals surface area contributed by atoms with Gasteiger partial charge >= 0.3 is 0 Å². The van der Waals surface area contributed by atoms with E-state index in [0.29, 0.717) is 0 Å². The van der Waals surface area contributed by atoms with E-state index in [1.165, 1.54) is 13.1 Å². The lowest BCUT2D eigenvalue weighted by atomic mass is 10.1. The summed E-state index contributed by atoms with van der Waals surface area (Å²) >= 11 is 6.32. The minimum absolute atomic E-state index is 0.768. The van der Waals surface area contributed by atoms with Gasteiger partial charge in [0.25, 0.3) is 0 Å². The minimum Gasteiger partial charge on any atom is -0.314 e. The second-order valence-corrected chi connectivity index (χ2v) is 5.97. The van der Waals surface area contributed by atoms with Crippen molar-refractivity contribution in [1.82, 2.24) is 24.9 Å². The highest BCUT2D eigenvalue weighted by Crippen LogP contribution is 2.21. The van der Waals surface area contributed by atoms with E-state index in [1.807, 2.05) is 18.7 Å². The van der Waals surface area contributed by atoms with Gasteiger partial charge in [0.05, 0.1) is 16.4 Å². The Morgan fingerprint density at radius 3 is 2.42 bits per heavy atom. The number of nitrogens with zero attached hydrogens (tertiary/aromatic N) is 4. The third-order valence-electron chi connectivity index (χ3n) is 4.32. The highest BCUT2D eigenvalue weighted by molar-refractivity contribution is 6.31. The summed E-state index contributed by atoms with van der Waals surface area (Å²) < 4.78 is 1.92. The van der Waals surface area contributed by atoms with Gasteiger partial charge in [-0.25, -0.2) is 0 Å². The Morgan fingerprint density at radius 2 is 1.95 bits per heavy atom. The number of rotatable bonds is 3. The molecule has 0 unspecified atom stereocenters. The molecule has 0 radical (unpaired) electrons. The molecular weight excluding hydrogens is 262 g/mol. The van der Waals surface area contributed by atoms with Gasteiger partial charge in [-0.15, -0.1) is 0 Å². The summed E-state index contributed by atoms with van der Waals surface area (Å²) in [5.74, 6) is 0. The number of nitrogens with one attached hydrogen (secondary N) is 1. The summed E-state index contributed by atoms with van der Waals surface area (Å²) in [7, 11) is 1.98. The zero-order valence-electron chi connectivity index (χ0n) is 11.7. The van der Waals surface area contributed by atoms with Crippen LogP contribution in [0.3, 0.4) is 0 Å². The van der Waals surface area contributed by atoms with Gasteiger partial charge in [0.1, 0.15) is 0 Å². The van der Waals surface area contributed by atoms with E-state index in [1.54, 1.807) is 0 Å². The quantitative estimate of drug-likeness (QED) is 0.875. The Balaban J connectivity index is 1.57. The van der Waals surface area contributed by atoms with E-state index in [0.717, 1.165) is 55.2 Å². The first-order chi connectivity index (χ1) is 9.15. The number of aromatic nitrogens is 2. The molecular formula is C13H22ClN5. The molecule has 3 rings (SSSR count). The molecule has 1 aromatic heterocycles. The van der Waals surface area contributed by atoms with E-state index in [2.05, 4.69) is 20.2 Å². The van der Waals surface area contributed by atoms with Crippen molar-refractivity contribution < 1.29 is 0 Å². The molecule has 0 bridgehead atoms. The van der Waals surface area contributed by atoms with Crippen molar-refractivity contribution in [2.45, 2.75) is 19.5 Å². The molecule has 2 fully saturated rings. The summed E-state index contributed by atoms with van der Waals surface area (Å²) in [6, 6.07) is 0.768. The predicted molar refractivity (Wildman–Crippen MR) is 76.5 cm³/mol. The van der Waals surface area contributed by atoms with Crippen molar-refractivity contribution in [3.63, 3.8) is 0 Å². The molecule has 5 nitrogen and oxygen atoms in total. The van der Waals surface area contributed by atoms with Crippen molar-refractivity contribution in [1.29, 1.82) is 0 Å². The van der Waals surface area contributed by atoms with E-state index >= 15 is 0 Å². The van der Waals surface area contributed by atoms with Crippen molar-refractivity contribution in [3.8, 4) is 0 Å². The van der Waals surface area contributed by atoms with Crippen LogP contribution in [0, 0.1) is 6.92 Å². The van der Waals surface area contributed by atoms with Gasteiger partial charge in [-0.1, -0.05) is 11.6 Å². The SMILES string of the molecule is Cc1nn(C)c(CN2CCN(C3CNC3)CC2)c1Cl. The molecule has 0 amide bonds. The van der Waals surface area contributed by atoms with Crippen LogP contribution >= 0.6 is 11.6 Å². The normalized spacial score (nSPS) is 22.7. The Hall–Kier alpha value is -0.620. The lowest BCUT2D eigenvalue weighted by Gasteiger charge is -2.43. The third-order valence-corrected chi connectivity index (χ3v) is 4.81. The van der Waals surface area contributed by atoms with Crippen LogP contribution in [-0.4, -0.2) is 64.9 Å². The van der Waals surface area contributed by atoms with Crippen LogP contribution < -0.4 is 5.32 Å². The standard InChI is InChI=1S/C13H22ClN5/c1-10-13(14)12(17(2)16-10)9-18-3-5-19(6-4-18)11-7-15-8-11/h11,15H,3-9H2,1-2H3. The molecule has 1 aromatic rings. The Morgan fingerprint density at radius 1 is 1.26 bits per heavy atom. The maximum absolute atomic E-state index is 6.32. The first-order valence-corrected chi connectivity index (χ1v) is 7.38. The van der Waals surface area contributed by atoms with Gasteiger partial charge in [-0.2, -0.15) is 5.10 Å². The monoisotopic (exact) mass is 283 g/mol. The molecule has 2 saturated heterocycles. The fourth-order valence-corrected chi connectivity index (χ4v) is 3.10. The van der Waals surface area contributed by atoms with Gasteiger partial charge in [0.2, 0.25) is 0 Å². The molecule has 1 N–H and O–H groups in total. The van der Waals surface area contributed by atoms with Crippen molar-refractivity contribution in [2.75, 3.05) is 39.3 Å². The molecule has 19 heavy (non-hydrogen) atoms. The zero-order valence-corrected chi connectivity index (χ0v) is 12.4. The highest BCUT2D eigenvalue weighted by Gasteiger charge is 2.28. The number of aryl methyl sites for hydroxylation is 2. The van der Waals surface area contributed by atoms with E-state index < -0.39 is 0 Å². The smallest absolute Gasteiger partial charge is 0.0860 e. The second kappa shape index (κ2) is 5.40. The fraction of sp³-hybridized carbons (Fsp3) is 0.769. The average molecular weight is 284 g/mol. The van der Waals surface area contributed by atoms with Crippen LogP contribution in [-0.2, 0) is 13.6 Å². The lowest BCUT2D eigenvalue weighted by molar-refractivity contribution is 0.0685. The molecule has 106 valence electrons. The summed E-state index contributed by atoms with van der Waals surface area (Å²) in [4.78, 5) is 5.08. The Kier molecular flexibility index (Phi) is 3.80. The molecule has 3 heterocycles. The number of piperazine rings is 1. The van der Waals surface area contributed by atoms with Gasteiger partial charge in [0, 0.05) is 58.9 Å². The maximum atomic E-state index is 6.32. The third kappa shape index (κ3) is 2.65. The molecule has 0 aliphatic carbocycles. The fourth-order valence-electron chi connectivity index (χ4n) is 2.88. The van der Waals surface area contributed by atoms with E-state index in [-0.39, 0.29) is 0 Å². The number of halogens is 1. The molecule has 2 aliphatic rings. The second-order valence-electron chi connectivity index (χ2n) is 5.59. The number of hydrogen-bond donors (Lipinski definition) is 1. The van der Waals surface area contributed by atoms with Gasteiger partial charge in [-0.3, -0.25) is 14.5 Å². The van der Waals surface area contributed by atoms with Crippen LogP contribution in [0.15, 0.2) is 0 Å². The van der Waals surface area contributed by atoms with Crippen molar-refractivity contribution >= 4 is 11.6 Å². The van der Waals surface area contributed by atoms with Gasteiger partial charge in [0.15, 0.2) is 0 Å². The van der Waals surface area contributed by atoms with Crippen molar-refractivity contribution in [3.05, 3.63) is 16.4 Å². The summed E-state index contributed by atoms with van der Waals surface area (Å²) in [5, 5.41) is 8.55. The van der Waals surface area contributed by atoms with Crippen LogP contribution in [0.25, 0.3) is 0 Å². The molecule has 0 saturated carbocycles. The largest absolute Gasteiger partial charge is 0.314 e. The summed E-state index contributed by atoms with van der Waals surface area (Å²) in [6.07, 6.45) is 0. The lowest BCUT2D eigenvalue weighted by Crippen LogP contribution is -2.61. The summed E-state index contributed by atoms with van der Waals surface area (Å²) in [5.41, 5.74) is 2.07. The molecule has 0 atom stereocenters. The first-order valence-electron chi connectivity index (χ1n) is 7.00.